The topological polar surface area (TPSA) is 83.5 Å². The average Bonchev–Trinajstić information content (AvgIpc) is 2.32. The van der Waals surface area contributed by atoms with Gasteiger partial charge in [0, 0.05) is 19.0 Å². The third-order valence-corrected chi connectivity index (χ3v) is 3.95. The zero-order valence-corrected chi connectivity index (χ0v) is 11.4. The highest BCUT2D eigenvalue weighted by atomic mass is 32.2. The summed E-state index contributed by atoms with van der Waals surface area (Å²) < 4.78 is 51.6. The average molecular weight is 307 g/mol. The number of carboxylic acids is 1. The van der Waals surface area contributed by atoms with Gasteiger partial charge in [0.15, 0.2) is 0 Å². The van der Waals surface area contributed by atoms with E-state index >= 15 is 0 Å². The quantitative estimate of drug-likeness (QED) is 0.718. The lowest BCUT2D eigenvalue weighted by atomic mass is 10.2. The fourth-order valence-corrected chi connectivity index (χ4v) is 2.67. The van der Waals surface area contributed by atoms with Gasteiger partial charge in [0.25, 0.3) is 0 Å². The SMILES string of the molecule is O=C(O)CCCCCNS(=O)(=O)c1cc(F)cc(F)c1. The van der Waals surface area contributed by atoms with Crippen LogP contribution in [0.4, 0.5) is 8.78 Å². The van der Waals surface area contributed by atoms with Gasteiger partial charge in [0.1, 0.15) is 11.6 Å². The van der Waals surface area contributed by atoms with Crippen molar-refractivity contribution in [2.24, 2.45) is 0 Å². The van der Waals surface area contributed by atoms with E-state index < -0.39 is 32.5 Å². The summed E-state index contributed by atoms with van der Waals surface area (Å²) in [6.45, 7) is 0.0834. The number of carboxylic acid groups (broad SMARTS) is 1. The van der Waals surface area contributed by atoms with E-state index in [1.807, 2.05) is 0 Å². The van der Waals surface area contributed by atoms with Crippen molar-refractivity contribution in [1.82, 2.24) is 4.72 Å². The van der Waals surface area contributed by atoms with E-state index in [4.69, 9.17) is 5.11 Å². The largest absolute Gasteiger partial charge is 0.481 e. The zero-order valence-electron chi connectivity index (χ0n) is 10.6. The van der Waals surface area contributed by atoms with E-state index in [1.165, 1.54) is 0 Å². The first-order valence-electron chi connectivity index (χ1n) is 5.99. The van der Waals surface area contributed by atoms with Crippen LogP contribution in [0.25, 0.3) is 0 Å². The Morgan fingerprint density at radius 1 is 1.10 bits per heavy atom. The van der Waals surface area contributed by atoms with Gasteiger partial charge in [-0.3, -0.25) is 4.79 Å². The molecular formula is C12H15F2NO4S. The molecule has 0 aliphatic carbocycles. The number of sulfonamides is 1. The van der Waals surface area contributed by atoms with Crippen LogP contribution in [0, 0.1) is 11.6 Å². The van der Waals surface area contributed by atoms with E-state index in [0.717, 1.165) is 12.1 Å². The molecule has 5 nitrogen and oxygen atoms in total. The summed E-state index contributed by atoms with van der Waals surface area (Å²) in [4.78, 5) is 9.79. The second kappa shape index (κ2) is 7.30. The summed E-state index contributed by atoms with van der Waals surface area (Å²) in [7, 11) is -3.96. The third kappa shape index (κ3) is 5.62. The molecule has 0 unspecified atom stereocenters. The van der Waals surface area contributed by atoms with Crippen LogP contribution in [0.1, 0.15) is 25.7 Å². The van der Waals surface area contributed by atoms with Gasteiger partial charge in [0.05, 0.1) is 4.90 Å². The molecule has 1 aromatic rings. The maximum Gasteiger partial charge on any atom is 0.303 e. The number of unbranched alkanes of at least 4 members (excludes halogenated alkanes) is 2. The molecule has 0 aromatic heterocycles. The second-order valence-electron chi connectivity index (χ2n) is 4.21. The van der Waals surface area contributed by atoms with E-state index in [1.54, 1.807) is 0 Å². The van der Waals surface area contributed by atoms with Crippen LogP contribution in [0.3, 0.4) is 0 Å². The Morgan fingerprint density at radius 3 is 2.25 bits per heavy atom. The van der Waals surface area contributed by atoms with Crippen molar-refractivity contribution in [3.63, 3.8) is 0 Å². The Hall–Kier alpha value is -1.54. The minimum Gasteiger partial charge on any atom is -0.481 e. The van der Waals surface area contributed by atoms with Crippen molar-refractivity contribution in [1.29, 1.82) is 0 Å². The Balaban J connectivity index is 2.47. The van der Waals surface area contributed by atoms with E-state index in [2.05, 4.69) is 4.72 Å². The second-order valence-corrected chi connectivity index (χ2v) is 5.97. The minimum absolute atomic E-state index is 0.0296. The first-order chi connectivity index (χ1) is 9.31. The van der Waals surface area contributed by atoms with Gasteiger partial charge >= 0.3 is 5.97 Å². The highest BCUT2D eigenvalue weighted by molar-refractivity contribution is 7.89. The molecule has 0 heterocycles. The zero-order chi connectivity index (χ0) is 15.2. The fraction of sp³-hybridized carbons (Fsp3) is 0.417. The van der Waals surface area contributed by atoms with Crippen molar-refractivity contribution in [2.45, 2.75) is 30.6 Å². The van der Waals surface area contributed by atoms with Crippen molar-refractivity contribution in [3.8, 4) is 0 Å². The Kier molecular flexibility index (Phi) is 6.03. The number of hydrogen-bond acceptors (Lipinski definition) is 3. The summed E-state index contributed by atoms with van der Waals surface area (Å²) in [5.74, 6) is -2.83. The number of hydrogen-bond donors (Lipinski definition) is 2. The molecule has 0 saturated carbocycles. The predicted octanol–water partition coefficient (Wildman–Crippen LogP) is 1.89. The van der Waals surface area contributed by atoms with Gasteiger partial charge < -0.3 is 5.11 Å². The summed E-state index contributed by atoms with van der Waals surface area (Å²) in [5, 5.41) is 8.42. The molecule has 112 valence electrons. The summed E-state index contributed by atoms with van der Waals surface area (Å²) in [6, 6.07) is 2.05. The van der Waals surface area contributed by atoms with Crippen LogP contribution in [0.2, 0.25) is 0 Å². The molecule has 0 aliphatic rings. The molecule has 8 heteroatoms. The molecular weight excluding hydrogens is 292 g/mol. The number of halogens is 2. The molecule has 1 aromatic carbocycles. The summed E-state index contributed by atoms with van der Waals surface area (Å²) in [5.41, 5.74) is 0. The molecule has 0 fully saturated rings. The first kappa shape index (κ1) is 16.5. The molecule has 0 amide bonds. The van der Waals surface area contributed by atoms with Crippen LogP contribution >= 0.6 is 0 Å². The first-order valence-corrected chi connectivity index (χ1v) is 7.47. The Labute approximate surface area is 115 Å². The van der Waals surface area contributed by atoms with Crippen LogP contribution in [-0.4, -0.2) is 26.0 Å². The van der Waals surface area contributed by atoms with Crippen molar-refractivity contribution in [2.75, 3.05) is 6.54 Å². The molecule has 0 spiro atoms. The van der Waals surface area contributed by atoms with Gasteiger partial charge in [0.2, 0.25) is 10.0 Å². The lowest BCUT2D eigenvalue weighted by Gasteiger charge is -2.07. The summed E-state index contributed by atoms with van der Waals surface area (Å²) in [6.07, 6.45) is 1.48. The lowest BCUT2D eigenvalue weighted by Crippen LogP contribution is -2.25. The van der Waals surface area contributed by atoms with Crippen LogP contribution in [0.15, 0.2) is 23.1 Å². The molecule has 0 radical (unpaired) electrons. The molecule has 20 heavy (non-hydrogen) atoms. The molecule has 2 N–H and O–H groups in total. The normalized spacial score (nSPS) is 11.5. The molecule has 0 atom stereocenters. The maximum atomic E-state index is 12.9. The van der Waals surface area contributed by atoms with E-state index in [-0.39, 0.29) is 13.0 Å². The van der Waals surface area contributed by atoms with Crippen molar-refractivity contribution >= 4 is 16.0 Å². The number of carbonyl (C=O) groups is 1. The molecule has 0 bridgehead atoms. The number of rotatable bonds is 8. The van der Waals surface area contributed by atoms with Crippen molar-refractivity contribution < 1.29 is 27.1 Å². The Bertz CT molecular complexity index is 555. The number of benzene rings is 1. The summed E-state index contributed by atoms with van der Waals surface area (Å²) >= 11 is 0. The fourth-order valence-electron chi connectivity index (χ4n) is 1.55. The van der Waals surface area contributed by atoms with E-state index in [9.17, 15) is 22.0 Å². The Morgan fingerprint density at radius 2 is 1.70 bits per heavy atom. The highest BCUT2D eigenvalue weighted by Gasteiger charge is 2.15. The number of aliphatic carboxylic acids is 1. The van der Waals surface area contributed by atoms with Crippen LogP contribution in [-0.2, 0) is 14.8 Å². The standard InChI is InChI=1S/C12H15F2NO4S/c13-9-6-10(14)8-11(7-9)20(18,19)15-5-3-1-2-4-12(16)17/h6-8,15H,1-5H2,(H,16,17). The van der Waals surface area contributed by atoms with Gasteiger partial charge in [-0.15, -0.1) is 0 Å². The van der Waals surface area contributed by atoms with Crippen molar-refractivity contribution in [3.05, 3.63) is 29.8 Å². The monoisotopic (exact) mass is 307 g/mol. The molecule has 0 aliphatic heterocycles. The molecule has 1 rings (SSSR count). The highest BCUT2D eigenvalue weighted by Crippen LogP contribution is 2.13. The van der Waals surface area contributed by atoms with Gasteiger partial charge in [-0.1, -0.05) is 6.42 Å². The van der Waals surface area contributed by atoms with Gasteiger partial charge in [-0.2, -0.15) is 0 Å². The molecule has 0 saturated heterocycles. The van der Waals surface area contributed by atoms with Gasteiger partial charge in [-0.25, -0.2) is 21.9 Å². The lowest BCUT2D eigenvalue weighted by molar-refractivity contribution is -0.137. The maximum absolute atomic E-state index is 12.9. The third-order valence-electron chi connectivity index (χ3n) is 2.51. The van der Waals surface area contributed by atoms with Crippen LogP contribution in [0.5, 0.6) is 0 Å². The van der Waals surface area contributed by atoms with Crippen LogP contribution < -0.4 is 4.72 Å². The smallest absolute Gasteiger partial charge is 0.303 e. The predicted molar refractivity (Wildman–Crippen MR) is 67.7 cm³/mol. The number of nitrogens with one attached hydrogen (secondary N) is 1. The van der Waals surface area contributed by atoms with Gasteiger partial charge in [-0.05, 0) is 25.0 Å². The minimum atomic E-state index is -3.96. The van der Waals surface area contributed by atoms with E-state index in [0.29, 0.717) is 25.3 Å².